The van der Waals surface area contributed by atoms with Gasteiger partial charge in [0.05, 0.1) is 26.4 Å². The Kier molecular flexibility index (Phi) is 13.7. The van der Waals surface area contributed by atoms with E-state index in [-0.39, 0.29) is 13.7 Å². The molecule has 0 aromatic heterocycles. The number of hydrogen-bond donors (Lipinski definition) is 1. The Morgan fingerprint density at radius 1 is 0.700 bits per heavy atom. The maximum atomic E-state index is 9.18. The molecule has 0 spiro atoms. The van der Waals surface area contributed by atoms with Crippen LogP contribution in [0, 0.1) is 0 Å². The Balaban J connectivity index is 1.73. The minimum atomic E-state index is -0.258. The zero-order valence-corrected chi connectivity index (χ0v) is 25.7. The molecule has 1 N–H and O–H groups in total. The zero-order chi connectivity index (χ0) is 28.0. The minimum absolute atomic E-state index is 0.0354. The SMILES string of the molecule is CCCCCCCCc1c(CCCCCCCC)c2cc(B3OCCO3)ccc2c2ccc(SOCCO)cc12. The van der Waals surface area contributed by atoms with Crippen molar-refractivity contribution in [2.24, 2.45) is 0 Å². The van der Waals surface area contributed by atoms with Crippen LogP contribution >= 0.6 is 12.0 Å². The van der Waals surface area contributed by atoms with Crippen LogP contribution in [0.5, 0.6) is 0 Å². The van der Waals surface area contributed by atoms with Gasteiger partial charge in [-0.25, -0.2) is 0 Å². The number of aryl methyl sites for hydroxylation is 2. The second-order valence-corrected chi connectivity index (χ2v) is 12.1. The van der Waals surface area contributed by atoms with Gasteiger partial charge < -0.3 is 18.6 Å². The summed E-state index contributed by atoms with van der Waals surface area (Å²) in [6.07, 6.45) is 17.8. The Labute approximate surface area is 246 Å². The predicted octanol–water partition coefficient (Wildman–Crippen LogP) is 8.56. The first-order chi connectivity index (χ1) is 19.8. The number of hydrogen-bond acceptors (Lipinski definition) is 5. The van der Waals surface area contributed by atoms with Crippen LogP contribution in [0.3, 0.4) is 0 Å². The Hall–Kier alpha value is -1.57. The number of benzene rings is 3. The summed E-state index contributed by atoms with van der Waals surface area (Å²) < 4.78 is 17.4. The van der Waals surface area contributed by atoms with E-state index in [1.54, 1.807) is 0 Å². The van der Waals surface area contributed by atoms with Crippen molar-refractivity contribution in [3.63, 3.8) is 0 Å². The predicted molar refractivity (Wildman–Crippen MR) is 172 cm³/mol. The molecule has 1 aliphatic heterocycles. The fourth-order valence-electron chi connectivity index (χ4n) is 6.01. The quantitative estimate of drug-likeness (QED) is 0.0684. The van der Waals surface area contributed by atoms with Gasteiger partial charge in [0.2, 0.25) is 0 Å². The van der Waals surface area contributed by atoms with Crippen LogP contribution in [-0.4, -0.2) is 38.7 Å². The molecule has 0 aliphatic carbocycles. The van der Waals surface area contributed by atoms with E-state index >= 15 is 0 Å². The fraction of sp³-hybridized carbons (Fsp3) is 0.588. The summed E-state index contributed by atoms with van der Waals surface area (Å²) in [6, 6.07) is 13.6. The van der Waals surface area contributed by atoms with Gasteiger partial charge in [0.25, 0.3) is 0 Å². The van der Waals surface area contributed by atoms with Gasteiger partial charge in [-0.3, -0.25) is 0 Å². The summed E-state index contributed by atoms with van der Waals surface area (Å²) >= 11 is 1.37. The van der Waals surface area contributed by atoms with Crippen molar-refractivity contribution in [3.8, 4) is 0 Å². The van der Waals surface area contributed by atoms with Crippen molar-refractivity contribution in [1.29, 1.82) is 0 Å². The van der Waals surface area contributed by atoms with Crippen molar-refractivity contribution in [2.45, 2.75) is 109 Å². The molecule has 3 aromatic rings. The fourth-order valence-corrected chi connectivity index (χ4v) is 6.59. The zero-order valence-electron chi connectivity index (χ0n) is 24.8. The molecule has 4 nitrogen and oxygen atoms in total. The third-order valence-corrected chi connectivity index (χ3v) is 8.85. The van der Waals surface area contributed by atoms with Gasteiger partial charge >= 0.3 is 7.12 Å². The Morgan fingerprint density at radius 2 is 1.25 bits per heavy atom. The summed E-state index contributed by atoms with van der Waals surface area (Å²) in [5.41, 5.74) is 4.16. The minimum Gasteiger partial charge on any atom is -0.405 e. The smallest absolute Gasteiger partial charge is 0.405 e. The number of unbranched alkanes of at least 4 members (excludes halogenated alkanes) is 10. The maximum Gasteiger partial charge on any atom is 0.494 e. The molecule has 0 radical (unpaired) electrons. The third-order valence-electron chi connectivity index (χ3n) is 8.12. The lowest BCUT2D eigenvalue weighted by atomic mass is 9.76. The summed E-state index contributed by atoms with van der Waals surface area (Å²) in [5.74, 6) is 0. The number of aliphatic hydroxyl groups is 1. The molecule has 3 aromatic carbocycles. The summed E-state index contributed by atoms with van der Waals surface area (Å²) in [4.78, 5) is 1.10. The summed E-state index contributed by atoms with van der Waals surface area (Å²) in [6.45, 7) is 6.26. The van der Waals surface area contributed by atoms with E-state index < -0.39 is 0 Å². The van der Waals surface area contributed by atoms with Crippen LogP contribution < -0.4 is 5.46 Å². The molecule has 4 rings (SSSR count). The van der Waals surface area contributed by atoms with Crippen LogP contribution in [0.4, 0.5) is 0 Å². The average Bonchev–Trinajstić information content (AvgIpc) is 3.52. The standard InChI is InChI=1S/C34H49BO4S/c1-3-5-7-9-11-13-15-29-30(16-14-12-10-8-6-4-2)34-26-28(40-39-22-21-36)18-20-32(34)31-19-17-27(25-33(29)31)35-37-23-24-38-35/h17-20,25-26,36H,3-16,21-24H2,1-2H3. The lowest BCUT2D eigenvalue weighted by Crippen LogP contribution is -2.31. The summed E-state index contributed by atoms with van der Waals surface area (Å²) in [7, 11) is -0.258. The van der Waals surface area contributed by atoms with Gasteiger partial charge in [0.15, 0.2) is 0 Å². The van der Waals surface area contributed by atoms with Gasteiger partial charge in [0.1, 0.15) is 0 Å². The van der Waals surface area contributed by atoms with Crippen LogP contribution in [-0.2, 0) is 26.3 Å². The molecule has 0 unspecified atom stereocenters. The van der Waals surface area contributed by atoms with Gasteiger partial charge in [-0.05, 0) is 76.0 Å². The molecule has 0 atom stereocenters. The molecule has 0 amide bonds. The van der Waals surface area contributed by atoms with Crippen molar-refractivity contribution in [3.05, 3.63) is 47.5 Å². The lowest BCUT2D eigenvalue weighted by molar-refractivity contribution is 0.221. The van der Waals surface area contributed by atoms with Crippen LogP contribution in [0.2, 0.25) is 0 Å². The van der Waals surface area contributed by atoms with Gasteiger partial charge in [0, 0.05) is 16.9 Å². The van der Waals surface area contributed by atoms with Crippen LogP contribution in [0.15, 0.2) is 41.3 Å². The largest absolute Gasteiger partial charge is 0.494 e. The third kappa shape index (κ3) is 8.72. The monoisotopic (exact) mass is 564 g/mol. The van der Waals surface area contributed by atoms with Crippen LogP contribution in [0.1, 0.15) is 102 Å². The first-order valence-corrected chi connectivity index (χ1v) is 16.7. The van der Waals surface area contributed by atoms with Gasteiger partial charge in [-0.1, -0.05) is 102 Å². The molecule has 6 heteroatoms. The van der Waals surface area contributed by atoms with E-state index in [0.29, 0.717) is 19.8 Å². The molecule has 1 saturated heterocycles. The normalized spacial score (nSPS) is 13.7. The highest BCUT2D eigenvalue weighted by atomic mass is 32.2. The van der Waals surface area contributed by atoms with Crippen molar-refractivity contribution < 1.29 is 18.6 Å². The van der Waals surface area contributed by atoms with Crippen LogP contribution in [0.25, 0.3) is 21.5 Å². The Morgan fingerprint density at radius 3 is 1.85 bits per heavy atom. The van der Waals surface area contributed by atoms with Crippen molar-refractivity contribution >= 4 is 46.2 Å². The topological polar surface area (TPSA) is 47.9 Å². The van der Waals surface area contributed by atoms with Gasteiger partial charge in [-0.15, -0.1) is 0 Å². The average molecular weight is 565 g/mol. The first-order valence-electron chi connectivity index (χ1n) is 15.9. The van der Waals surface area contributed by atoms with E-state index in [9.17, 15) is 5.11 Å². The molecule has 1 aliphatic rings. The maximum absolute atomic E-state index is 9.18. The number of fused-ring (bicyclic) bond motifs is 3. The highest BCUT2D eigenvalue weighted by Gasteiger charge is 2.27. The molecule has 0 bridgehead atoms. The van der Waals surface area contributed by atoms with E-state index in [1.807, 2.05) is 0 Å². The molecular formula is C34H49BO4S. The first kappa shape index (κ1) is 31.4. The highest BCUT2D eigenvalue weighted by Crippen LogP contribution is 2.37. The molecule has 1 heterocycles. The summed E-state index contributed by atoms with van der Waals surface area (Å²) in [5, 5.41) is 14.5. The van der Waals surface area contributed by atoms with E-state index in [2.05, 4.69) is 50.2 Å². The second-order valence-electron chi connectivity index (χ2n) is 11.2. The van der Waals surface area contributed by atoms with E-state index in [0.717, 1.165) is 23.2 Å². The van der Waals surface area contributed by atoms with Gasteiger partial charge in [-0.2, -0.15) is 0 Å². The molecule has 40 heavy (non-hydrogen) atoms. The number of aliphatic hydroxyl groups excluding tert-OH is 1. The molecule has 218 valence electrons. The van der Waals surface area contributed by atoms with E-state index in [4.69, 9.17) is 13.5 Å². The number of rotatable bonds is 19. The highest BCUT2D eigenvalue weighted by molar-refractivity contribution is 7.94. The van der Waals surface area contributed by atoms with E-state index in [1.165, 1.54) is 122 Å². The molecular weight excluding hydrogens is 515 g/mol. The second kappa shape index (κ2) is 17.4. The lowest BCUT2D eigenvalue weighted by Gasteiger charge is -2.20. The van der Waals surface area contributed by atoms with Crippen molar-refractivity contribution in [2.75, 3.05) is 26.4 Å². The Bertz CT molecular complexity index is 1180. The van der Waals surface area contributed by atoms with Crippen molar-refractivity contribution in [1.82, 2.24) is 0 Å². The molecule has 1 fully saturated rings. The molecule has 0 saturated carbocycles.